The first-order valence-electron chi connectivity index (χ1n) is 8.29. The van der Waals surface area contributed by atoms with Crippen molar-refractivity contribution in [2.45, 2.75) is 64.8 Å². The molecule has 0 saturated carbocycles. The fraction of sp³-hybridized carbons (Fsp3) is 0.750. The van der Waals surface area contributed by atoms with Gasteiger partial charge in [0.15, 0.2) is 5.96 Å². The highest BCUT2D eigenvalue weighted by Crippen LogP contribution is 2.07. The first-order valence-corrected chi connectivity index (χ1v) is 8.29. The summed E-state index contributed by atoms with van der Waals surface area (Å²) in [5.41, 5.74) is 1.06. The van der Waals surface area contributed by atoms with Crippen molar-refractivity contribution in [1.29, 1.82) is 0 Å². The van der Waals surface area contributed by atoms with Crippen molar-refractivity contribution in [3.8, 4) is 0 Å². The molecule has 0 aliphatic rings. The van der Waals surface area contributed by atoms with Crippen LogP contribution in [0.15, 0.2) is 17.3 Å². The zero-order valence-corrected chi connectivity index (χ0v) is 16.4. The highest BCUT2D eigenvalue weighted by molar-refractivity contribution is 14.0. The lowest BCUT2D eigenvalue weighted by atomic mass is 10.1. The summed E-state index contributed by atoms with van der Waals surface area (Å²) in [6, 6.07) is 1.96. The SMILES string of the molecule is CCCCCCCCCCNC(=NC)NCc1ccn[nH]1.I. The van der Waals surface area contributed by atoms with E-state index < -0.39 is 0 Å². The Morgan fingerprint density at radius 3 is 2.36 bits per heavy atom. The number of nitrogens with zero attached hydrogens (tertiary/aromatic N) is 2. The van der Waals surface area contributed by atoms with Crippen LogP contribution in [0.2, 0.25) is 0 Å². The summed E-state index contributed by atoms with van der Waals surface area (Å²) >= 11 is 0. The molecule has 0 radical (unpaired) electrons. The average molecular weight is 421 g/mol. The highest BCUT2D eigenvalue weighted by Gasteiger charge is 1.98. The van der Waals surface area contributed by atoms with Crippen molar-refractivity contribution in [1.82, 2.24) is 20.8 Å². The van der Waals surface area contributed by atoms with Gasteiger partial charge in [-0.1, -0.05) is 51.9 Å². The van der Waals surface area contributed by atoms with Gasteiger partial charge in [0.05, 0.1) is 12.2 Å². The number of halogens is 1. The second-order valence-corrected chi connectivity index (χ2v) is 5.41. The summed E-state index contributed by atoms with van der Waals surface area (Å²) in [5.74, 6) is 0.854. The molecule has 0 atom stereocenters. The average Bonchev–Trinajstić information content (AvgIpc) is 3.02. The smallest absolute Gasteiger partial charge is 0.191 e. The molecular weight excluding hydrogens is 389 g/mol. The Bertz CT molecular complexity index is 365. The van der Waals surface area contributed by atoms with Crippen molar-refractivity contribution >= 4 is 29.9 Å². The zero-order chi connectivity index (χ0) is 15.2. The second kappa shape index (κ2) is 15.1. The quantitative estimate of drug-likeness (QED) is 0.220. The Hall–Kier alpha value is -0.790. The van der Waals surface area contributed by atoms with Gasteiger partial charge in [-0.05, 0) is 12.5 Å². The summed E-state index contributed by atoms with van der Waals surface area (Å²) < 4.78 is 0. The molecule has 3 N–H and O–H groups in total. The van der Waals surface area contributed by atoms with E-state index in [9.17, 15) is 0 Å². The number of rotatable bonds is 11. The first kappa shape index (κ1) is 21.2. The number of hydrogen-bond acceptors (Lipinski definition) is 2. The predicted octanol–water partition coefficient (Wildman–Crippen LogP) is 3.83. The minimum Gasteiger partial charge on any atom is -0.356 e. The van der Waals surface area contributed by atoms with Crippen LogP contribution < -0.4 is 10.6 Å². The first-order chi connectivity index (χ1) is 10.4. The normalized spacial score (nSPS) is 11.1. The minimum absolute atomic E-state index is 0. The summed E-state index contributed by atoms with van der Waals surface area (Å²) in [7, 11) is 1.80. The lowest BCUT2D eigenvalue weighted by Gasteiger charge is -2.11. The van der Waals surface area contributed by atoms with Gasteiger partial charge in [0.25, 0.3) is 0 Å². The van der Waals surface area contributed by atoms with Crippen LogP contribution in [0.1, 0.15) is 64.0 Å². The molecule has 128 valence electrons. The molecule has 0 amide bonds. The van der Waals surface area contributed by atoms with Crippen molar-refractivity contribution < 1.29 is 0 Å². The highest BCUT2D eigenvalue weighted by atomic mass is 127. The van der Waals surface area contributed by atoms with Crippen molar-refractivity contribution in [3.05, 3.63) is 18.0 Å². The van der Waals surface area contributed by atoms with E-state index in [1.54, 1.807) is 13.2 Å². The summed E-state index contributed by atoms with van der Waals surface area (Å²) in [4.78, 5) is 4.22. The van der Waals surface area contributed by atoms with E-state index in [4.69, 9.17) is 0 Å². The van der Waals surface area contributed by atoms with E-state index in [0.29, 0.717) is 0 Å². The number of nitrogens with one attached hydrogen (secondary N) is 3. The van der Waals surface area contributed by atoms with Gasteiger partial charge < -0.3 is 10.6 Å². The maximum absolute atomic E-state index is 4.22. The maximum atomic E-state index is 4.22. The van der Waals surface area contributed by atoms with Gasteiger partial charge in [-0.2, -0.15) is 5.10 Å². The monoisotopic (exact) mass is 421 g/mol. The number of hydrogen-bond donors (Lipinski definition) is 3. The Morgan fingerprint density at radius 1 is 1.09 bits per heavy atom. The number of unbranched alkanes of at least 4 members (excludes halogenated alkanes) is 7. The standard InChI is InChI=1S/C16H31N5.HI/c1-3-4-5-6-7-8-9-10-12-18-16(17-2)19-14-15-11-13-20-21-15;/h11,13H,3-10,12,14H2,1-2H3,(H,20,21)(H2,17,18,19);1H. The van der Waals surface area contributed by atoms with E-state index in [1.165, 1.54) is 51.4 Å². The third kappa shape index (κ3) is 10.9. The van der Waals surface area contributed by atoms with Crippen LogP contribution in [-0.4, -0.2) is 29.7 Å². The molecule has 1 aromatic rings. The van der Waals surface area contributed by atoms with Gasteiger partial charge in [0, 0.05) is 19.8 Å². The summed E-state index contributed by atoms with van der Waals surface area (Å²) in [5, 5.41) is 13.5. The third-order valence-electron chi connectivity index (χ3n) is 3.55. The Morgan fingerprint density at radius 2 is 1.77 bits per heavy atom. The van der Waals surface area contributed by atoms with Crippen LogP contribution >= 0.6 is 24.0 Å². The number of aliphatic imine (C=N–C) groups is 1. The molecule has 1 aromatic heterocycles. The molecule has 1 heterocycles. The summed E-state index contributed by atoms with van der Waals surface area (Å²) in [6.07, 6.45) is 12.5. The molecule has 5 nitrogen and oxygen atoms in total. The molecule has 0 fully saturated rings. The molecule has 0 aliphatic heterocycles. The summed E-state index contributed by atoms with van der Waals surface area (Å²) in [6.45, 7) is 3.97. The maximum Gasteiger partial charge on any atom is 0.191 e. The number of aromatic nitrogens is 2. The number of aromatic amines is 1. The predicted molar refractivity (Wildman–Crippen MR) is 105 cm³/mol. The Kier molecular flexibility index (Phi) is 14.6. The van der Waals surface area contributed by atoms with E-state index in [-0.39, 0.29) is 24.0 Å². The molecule has 0 spiro atoms. The second-order valence-electron chi connectivity index (χ2n) is 5.41. The number of guanidine groups is 1. The van der Waals surface area contributed by atoms with Crippen LogP contribution in [0.5, 0.6) is 0 Å². The molecule has 0 bridgehead atoms. The fourth-order valence-electron chi connectivity index (χ4n) is 2.25. The fourth-order valence-corrected chi connectivity index (χ4v) is 2.25. The van der Waals surface area contributed by atoms with Gasteiger partial charge in [-0.3, -0.25) is 10.1 Å². The third-order valence-corrected chi connectivity index (χ3v) is 3.55. The van der Waals surface area contributed by atoms with E-state index in [1.807, 2.05) is 6.07 Å². The molecular formula is C16H32IN5. The van der Waals surface area contributed by atoms with Crippen molar-refractivity contribution in [2.24, 2.45) is 4.99 Å². The van der Waals surface area contributed by atoms with Gasteiger partial charge in [-0.15, -0.1) is 24.0 Å². The topological polar surface area (TPSA) is 65.1 Å². The van der Waals surface area contributed by atoms with Crippen molar-refractivity contribution in [3.63, 3.8) is 0 Å². The molecule has 0 unspecified atom stereocenters. The van der Waals surface area contributed by atoms with Gasteiger partial charge >= 0.3 is 0 Å². The van der Waals surface area contributed by atoms with Crippen LogP contribution in [-0.2, 0) is 6.54 Å². The molecule has 0 aromatic carbocycles. The van der Waals surface area contributed by atoms with E-state index in [0.717, 1.165) is 24.7 Å². The van der Waals surface area contributed by atoms with Crippen LogP contribution in [0.4, 0.5) is 0 Å². The van der Waals surface area contributed by atoms with Gasteiger partial charge in [0.1, 0.15) is 0 Å². The molecule has 22 heavy (non-hydrogen) atoms. The lowest BCUT2D eigenvalue weighted by molar-refractivity contribution is 0.571. The lowest BCUT2D eigenvalue weighted by Crippen LogP contribution is -2.37. The largest absolute Gasteiger partial charge is 0.356 e. The van der Waals surface area contributed by atoms with Crippen LogP contribution in [0.3, 0.4) is 0 Å². The molecule has 6 heteroatoms. The molecule has 1 rings (SSSR count). The van der Waals surface area contributed by atoms with Crippen molar-refractivity contribution in [2.75, 3.05) is 13.6 Å². The minimum atomic E-state index is 0. The number of H-pyrrole nitrogens is 1. The Labute approximate surface area is 152 Å². The van der Waals surface area contributed by atoms with Gasteiger partial charge in [-0.25, -0.2) is 0 Å². The van der Waals surface area contributed by atoms with Gasteiger partial charge in [0.2, 0.25) is 0 Å². The zero-order valence-electron chi connectivity index (χ0n) is 14.0. The van der Waals surface area contributed by atoms with Crippen LogP contribution in [0, 0.1) is 0 Å². The molecule has 0 aliphatic carbocycles. The van der Waals surface area contributed by atoms with Crippen LogP contribution in [0.25, 0.3) is 0 Å². The molecule has 0 saturated heterocycles. The van der Waals surface area contributed by atoms with E-state index >= 15 is 0 Å². The van der Waals surface area contributed by atoms with E-state index in [2.05, 4.69) is 32.7 Å². The Balaban J connectivity index is 0.00000441.